The largest absolute Gasteiger partial charge is 0.384 e. The number of nitrogens with zero attached hydrogens (tertiary/aromatic N) is 5. The topological polar surface area (TPSA) is 84.2 Å². The zero-order chi connectivity index (χ0) is 25.1. The molecule has 8 nitrogen and oxygen atoms in total. The molecule has 0 aromatic heterocycles. The number of rotatable bonds is 6. The maximum absolute atomic E-state index is 13.8. The number of aliphatic imine (C=N–C) groups is 1. The quantitative estimate of drug-likeness (QED) is 0.565. The average Bonchev–Trinajstić information content (AvgIpc) is 3.40. The lowest BCUT2D eigenvalue weighted by molar-refractivity contribution is -0.122. The molecule has 2 aromatic carbocycles. The van der Waals surface area contributed by atoms with Crippen LogP contribution in [0.2, 0.25) is 0 Å². The number of carbonyl (C=O) groups is 1. The van der Waals surface area contributed by atoms with Gasteiger partial charge in [-0.15, -0.1) is 0 Å². The summed E-state index contributed by atoms with van der Waals surface area (Å²) in [4.78, 5) is 26.8. The Kier molecular flexibility index (Phi) is 7.53. The van der Waals surface area contributed by atoms with Gasteiger partial charge in [0.2, 0.25) is 0 Å². The lowest BCUT2D eigenvalue weighted by Crippen LogP contribution is -2.42. The number of carbonyl (C=O) groups excluding carboxylic acids is 1. The second kappa shape index (κ2) is 11.0. The van der Waals surface area contributed by atoms with Crippen LogP contribution in [-0.4, -0.2) is 73.9 Å². The van der Waals surface area contributed by atoms with Crippen LogP contribution in [0.25, 0.3) is 0 Å². The van der Waals surface area contributed by atoms with Gasteiger partial charge in [-0.1, -0.05) is 23.9 Å². The van der Waals surface area contributed by atoms with Gasteiger partial charge in [0.05, 0.1) is 46.9 Å². The van der Waals surface area contributed by atoms with E-state index in [0.29, 0.717) is 41.1 Å². The van der Waals surface area contributed by atoms with Crippen molar-refractivity contribution in [1.82, 2.24) is 9.80 Å². The molecule has 5 rings (SSSR count). The van der Waals surface area contributed by atoms with Crippen molar-refractivity contribution in [2.75, 3.05) is 63.2 Å². The van der Waals surface area contributed by atoms with Crippen molar-refractivity contribution in [3.8, 4) is 6.07 Å². The van der Waals surface area contributed by atoms with Gasteiger partial charge in [-0.25, -0.2) is 4.99 Å². The highest BCUT2D eigenvalue weighted by atomic mass is 32.2. The summed E-state index contributed by atoms with van der Waals surface area (Å²) in [5, 5.41) is 14.3. The van der Waals surface area contributed by atoms with Crippen LogP contribution in [0.1, 0.15) is 12.5 Å². The van der Waals surface area contributed by atoms with E-state index in [4.69, 9.17) is 9.73 Å². The molecular weight excluding hydrogens is 492 g/mol. The van der Waals surface area contributed by atoms with E-state index in [2.05, 4.69) is 33.3 Å². The standard InChI is InChI=1S/C26H28N6O2S2/c1-3-28-19-9-8-18(17-27)16-20(19)29-26-32(11-10-31-12-14-34-15-13-31)24(33)23(36-26)25-30(2)21-6-4-5-7-22(21)35-25/h4-9,16,28H,3,10-15H2,1-2H3/b25-23-,29-26?. The fourth-order valence-corrected chi connectivity index (χ4v) is 6.68. The first-order chi connectivity index (χ1) is 17.6. The third-order valence-electron chi connectivity index (χ3n) is 6.25. The molecule has 0 atom stereocenters. The van der Waals surface area contributed by atoms with Crippen LogP contribution < -0.4 is 10.2 Å². The number of nitrogens with one attached hydrogen (secondary N) is 1. The molecule has 10 heteroatoms. The number of anilines is 2. The fourth-order valence-electron chi connectivity index (χ4n) is 4.32. The minimum Gasteiger partial charge on any atom is -0.384 e. The highest BCUT2D eigenvalue weighted by Crippen LogP contribution is 2.50. The smallest absolute Gasteiger partial charge is 0.269 e. The summed E-state index contributed by atoms with van der Waals surface area (Å²) < 4.78 is 5.48. The number of hydrogen-bond acceptors (Lipinski definition) is 9. The first-order valence-electron chi connectivity index (χ1n) is 12.0. The van der Waals surface area contributed by atoms with Crippen LogP contribution >= 0.6 is 23.5 Å². The van der Waals surface area contributed by atoms with Gasteiger partial charge in [-0.2, -0.15) is 5.26 Å². The van der Waals surface area contributed by atoms with Crippen molar-refractivity contribution in [1.29, 1.82) is 5.26 Å². The third-order valence-corrected chi connectivity index (χ3v) is 8.68. The van der Waals surface area contributed by atoms with E-state index < -0.39 is 0 Å². The zero-order valence-corrected chi connectivity index (χ0v) is 22.0. The highest BCUT2D eigenvalue weighted by molar-refractivity contribution is 8.19. The van der Waals surface area contributed by atoms with Crippen molar-refractivity contribution in [2.24, 2.45) is 4.99 Å². The molecule has 2 fully saturated rings. The van der Waals surface area contributed by atoms with Crippen molar-refractivity contribution >= 4 is 51.7 Å². The predicted octanol–water partition coefficient (Wildman–Crippen LogP) is 4.30. The van der Waals surface area contributed by atoms with Gasteiger partial charge in [-0.05, 0) is 49.0 Å². The third kappa shape index (κ3) is 4.97. The number of fused-ring (bicyclic) bond motifs is 1. The normalized spacial score (nSPS) is 21.2. The molecule has 2 saturated heterocycles. The van der Waals surface area contributed by atoms with Gasteiger partial charge >= 0.3 is 0 Å². The van der Waals surface area contributed by atoms with Crippen molar-refractivity contribution in [3.63, 3.8) is 0 Å². The van der Waals surface area contributed by atoms with Crippen LogP contribution in [0.4, 0.5) is 17.1 Å². The molecule has 3 aliphatic rings. The van der Waals surface area contributed by atoms with Crippen molar-refractivity contribution in [2.45, 2.75) is 11.8 Å². The zero-order valence-electron chi connectivity index (χ0n) is 20.4. The number of amidine groups is 1. The van der Waals surface area contributed by atoms with Gasteiger partial charge in [-0.3, -0.25) is 14.6 Å². The maximum Gasteiger partial charge on any atom is 0.269 e. The molecule has 1 N–H and O–H groups in total. The number of morpholine rings is 1. The van der Waals surface area contributed by atoms with E-state index in [-0.39, 0.29) is 5.91 Å². The molecule has 2 aromatic rings. The van der Waals surface area contributed by atoms with Crippen LogP contribution in [0, 0.1) is 11.3 Å². The van der Waals surface area contributed by atoms with E-state index >= 15 is 0 Å². The van der Waals surface area contributed by atoms with Crippen LogP contribution in [0.15, 0.2) is 62.3 Å². The van der Waals surface area contributed by atoms with E-state index in [0.717, 1.165) is 47.5 Å². The Bertz CT molecular complexity index is 1270. The van der Waals surface area contributed by atoms with E-state index in [1.165, 1.54) is 11.8 Å². The van der Waals surface area contributed by atoms with E-state index in [9.17, 15) is 10.1 Å². The molecular formula is C26H28N6O2S2. The van der Waals surface area contributed by atoms with Crippen LogP contribution in [0.3, 0.4) is 0 Å². The number of hydrogen-bond donors (Lipinski definition) is 1. The number of benzene rings is 2. The minimum absolute atomic E-state index is 0.0318. The first-order valence-corrected chi connectivity index (χ1v) is 13.6. The summed E-state index contributed by atoms with van der Waals surface area (Å²) in [7, 11) is 2.00. The summed E-state index contributed by atoms with van der Waals surface area (Å²) in [6, 6.07) is 15.8. The molecule has 0 aliphatic carbocycles. The Labute approximate surface area is 220 Å². The Morgan fingerprint density at radius 3 is 2.69 bits per heavy atom. The molecule has 0 saturated carbocycles. The van der Waals surface area contributed by atoms with Gasteiger partial charge in [0.25, 0.3) is 5.91 Å². The summed E-state index contributed by atoms with van der Waals surface area (Å²) in [5.74, 6) is -0.0318. The van der Waals surface area contributed by atoms with Crippen molar-refractivity contribution in [3.05, 3.63) is 58.0 Å². The minimum atomic E-state index is -0.0318. The van der Waals surface area contributed by atoms with Gasteiger partial charge in [0.15, 0.2) is 5.17 Å². The van der Waals surface area contributed by atoms with Gasteiger partial charge in [0, 0.05) is 44.7 Å². The Hall–Kier alpha value is -2.97. The molecule has 186 valence electrons. The number of amides is 1. The molecule has 0 bridgehead atoms. The Morgan fingerprint density at radius 2 is 1.94 bits per heavy atom. The Morgan fingerprint density at radius 1 is 1.14 bits per heavy atom. The van der Waals surface area contributed by atoms with Gasteiger partial charge < -0.3 is 15.0 Å². The van der Waals surface area contributed by atoms with Crippen molar-refractivity contribution < 1.29 is 9.53 Å². The Balaban J connectivity index is 1.51. The summed E-state index contributed by atoms with van der Waals surface area (Å²) >= 11 is 3.03. The number of thioether (sulfide) groups is 2. The molecule has 1 amide bonds. The van der Waals surface area contributed by atoms with E-state index in [1.54, 1.807) is 28.8 Å². The summed E-state index contributed by atoms with van der Waals surface area (Å²) in [6.07, 6.45) is 0. The first kappa shape index (κ1) is 24.7. The fraction of sp³-hybridized carbons (Fsp3) is 0.346. The molecule has 0 spiro atoms. The molecule has 0 unspecified atom stereocenters. The predicted molar refractivity (Wildman–Crippen MR) is 147 cm³/mol. The number of nitriles is 1. The second-order valence-electron chi connectivity index (χ2n) is 8.54. The molecule has 0 radical (unpaired) electrons. The summed E-state index contributed by atoms with van der Waals surface area (Å²) in [5.41, 5.74) is 3.13. The molecule has 36 heavy (non-hydrogen) atoms. The SMILES string of the molecule is CCNc1ccc(C#N)cc1N=C1S/C(=C2\Sc3ccccc3N2C)C(=O)N1CCN1CCOCC1. The second-order valence-corrected chi connectivity index (χ2v) is 10.6. The number of para-hydroxylation sites is 1. The van der Waals surface area contributed by atoms with Crippen LogP contribution in [0.5, 0.6) is 0 Å². The number of ether oxygens (including phenoxy) is 1. The average molecular weight is 521 g/mol. The molecule has 3 aliphatic heterocycles. The molecule has 3 heterocycles. The summed E-state index contributed by atoms with van der Waals surface area (Å²) in [6.45, 7) is 7.18. The van der Waals surface area contributed by atoms with Gasteiger partial charge in [0.1, 0.15) is 4.91 Å². The lowest BCUT2D eigenvalue weighted by Gasteiger charge is -2.28. The lowest BCUT2D eigenvalue weighted by atomic mass is 10.2. The van der Waals surface area contributed by atoms with Crippen LogP contribution in [-0.2, 0) is 9.53 Å². The highest BCUT2D eigenvalue weighted by Gasteiger charge is 2.39. The van der Waals surface area contributed by atoms with E-state index in [1.807, 2.05) is 32.2 Å². The maximum atomic E-state index is 13.8. The monoisotopic (exact) mass is 520 g/mol.